The molecular formula is C22H30N2O. The first-order valence-corrected chi connectivity index (χ1v) is 9.17. The van der Waals surface area contributed by atoms with E-state index in [1.54, 1.807) is 7.11 Å². The average molecular weight is 338 g/mol. The van der Waals surface area contributed by atoms with E-state index < -0.39 is 0 Å². The van der Waals surface area contributed by atoms with Crippen LogP contribution in [0.2, 0.25) is 0 Å². The summed E-state index contributed by atoms with van der Waals surface area (Å²) in [6.07, 6.45) is 0. The molecule has 0 saturated carbocycles. The van der Waals surface area contributed by atoms with Crippen molar-refractivity contribution in [1.82, 2.24) is 0 Å². The maximum Gasteiger partial charge on any atom is 0.120 e. The highest BCUT2D eigenvalue weighted by Crippen LogP contribution is 2.32. The number of hydrogen-bond donors (Lipinski definition) is 0. The molecule has 2 aromatic rings. The van der Waals surface area contributed by atoms with Crippen molar-refractivity contribution in [3.8, 4) is 5.75 Å². The van der Waals surface area contributed by atoms with Gasteiger partial charge in [0.05, 0.1) is 12.6 Å². The van der Waals surface area contributed by atoms with Crippen LogP contribution in [-0.4, -0.2) is 32.3 Å². The number of ether oxygens (including phenoxy) is 1. The van der Waals surface area contributed by atoms with Crippen LogP contribution in [0.3, 0.4) is 0 Å². The molecule has 0 bridgehead atoms. The standard InChI is InChI=1S/C22H30N2O/c1-17(2)18-9-11-19(12-10-18)23-13-14-24(22(3,4)16-23)20-7-6-8-21(15-20)25-5/h6-12,15,17H,13-14,16H2,1-5H3. The van der Waals surface area contributed by atoms with E-state index in [-0.39, 0.29) is 5.54 Å². The largest absolute Gasteiger partial charge is 0.497 e. The lowest BCUT2D eigenvalue weighted by Gasteiger charge is -2.49. The van der Waals surface area contributed by atoms with Gasteiger partial charge in [-0.15, -0.1) is 0 Å². The summed E-state index contributed by atoms with van der Waals surface area (Å²) in [5.74, 6) is 1.50. The van der Waals surface area contributed by atoms with Crippen molar-refractivity contribution in [3.63, 3.8) is 0 Å². The maximum atomic E-state index is 5.40. The summed E-state index contributed by atoms with van der Waals surface area (Å²) >= 11 is 0. The van der Waals surface area contributed by atoms with Crippen LogP contribution in [0.15, 0.2) is 48.5 Å². The molecule has 3 heteroatoms. The van der Waals surface area contributed by atoms with Gasteiger partial charge >= 0.3 is 0 Å². The molecule has 3 nitrogen and oxygen atoms in total. The van der Waals surface area contributed by atoms with Gasteiger partial charge in [-0.2, -0.15) is 0 Å². The summed E-state index contributed by atoms with van der Waals surface area (Å²) in [7, 11) is 1.73. The van der Waals surface area contributed by atoms with Gasteiger partial charge in [-0.1, -0.05) is 32.0 Å². The van der Waals surface area contributed by atoms with E-state index in [2.05, 4.69) is 80.0 Å². The Hall–Kier alpha value is -2.16. The number of piperazine rings is 1. The van der Waals surface area contributed by atoms with Crippen LogP contribution in [0, 0.1) is 0 Å². The predicted octanol–water partition coefficient (Wildman–Crippen LogP) is 4.92. The molecule has 25 heavy (non-hydrogen) atoms. The Morgan fingerprint density at radius 1 is 0.960 bits per heavy atom. The number of benzene rings is 2. The Balaban J connectivity index is 1.77. The van der Waals surface area contributed by atoms with Crippen LogP contribution in [0.25, 0.3) is 0 Å². The second kappa shape index (κ2) is 6.99. The molecule has 0 unspecified atom stereocenters. The first-order valence-electron chi connectivity index (χ1n) is 9.17. The highest BCUT2D eigenvalue weighted by Gasteiger charge is 2.34. The fraction of sp³-hybridized carbons (Fsp3) is 0.455. The van der Waals surface area contributed by atoms with E-state index in [4.69, 9.17) is 4.74 Å². The highest BCUT2D eigenvalue weighted by molar-refractivity contribution is 5.57. The van der Waals surface area contributed by atoms with Gasteiger partial charge in [-0.05, 0) is 49.6 Å². The first kappa shape index (κ1) is 17.7. The second-order valence-electron chi connectivity index (χ2n) is 7.83. The first-order chi connectivity index (χ1) is 11.9. The zero-order valence-corrected chi connectivity index (χ0v) is 16.1. The third-order valence-corrected chi connectivity index (χ3v) is 5.19. The minimum atomic E-state index is 0.0569. The number of nitrogens with zero attached hydrogens (tertiary/aromatic N) is 2. The lowest BCUT2D eigenvalue weighted by atomic mass is 9.96. The van der Waals surface area contributed by atoms with Crippen molar-refractivity contribution in [2.45, 2.75) is 39.2 Å². The van der Waals surface area contributed by atoms with Crippen LogP contribution >= 0.6 is 0 Å². The Kier molecular flexibility index (Phi) is 4.94. The molecule has 0 aromatic heterocycles. The maximum absolute atomic E-state index is 5.40. The summed E-state index contributed by atoms with van der Waals surface area (Å²) in [6, 6.07) is 17.5. The minimum Gasteiger partial charge on any atom is -0.497 e. The molecule has 3 rings (SSSR count). The minimum absolute atomic E-state index is 0.0569. The highest BCUT2D eigenvalue weighted by atomic mass is 16.5. The molecule has 0 radical (unpaired) electrons. The van der Waals surface area contributed by atoms with E-state index in [0.29, 0.717) is 5.92 Å². The van der Waals surface area contributed by atoms with Gasteiger partial charge in [0.25, 0.3) is 0 Å². The summed E-state index contributed by atoms with van der Waals surface area (Å²) in [4.78, 5) is 5.00. The molecule has 1 fully saturated rings. The van der Waals surface area contributed by atoms with Crippen LogP contribution in [0.1, 0.15) is 39.2 Å². The van der Waals surface area contributed by atoms with Crippen molar-refractivity contribution in [3.05, 3.63) is 54.1 Å². The summed E-state index contributed by atoms with van der Waals surface area (Å²) in [5.41, 5.74) is 4.02. The average Bonchev–Trinajstić information content (AvgIpc) is 2.61. The van der Waals surface area contributed by atoms with E-state index in [0.717, 1.165) is 25.4 Å². The van der Waals surface area contributed by atoms with Gasteiger partial charge in [0.2, 0.25) is 0 Å². The van der Waals surface area contributed by atoms with Crippen molar-refractivity contribution >= 4 is 11.4 Å². The van der Waals surface area contributed by atoms with Gasteiger partial charge in [0.1, 0.15) is 5.75 Å². The fourth-order valence-corrected chi connectivity index (χ4v) is 3.70. The van der Waals surface area contributed by atoms with Gasteiger partial charge < -0.3 is 14.5 Å². The SMILES string of the molecule is COc1cccc(N2CCN(c3ccc(C(C)C)cc3)CC2(C)C)c1. The molecule has 134 valence electrons. The topological polar surface area (TPSA) is 15.7 Å². The number of methoxy groups -OCH3 is 1. The van der Waals surface area contributed by atoms with Gasteiger partial charge in [0, 0.05) is 37.1 Å². The van der Waals surface area contributed by atoms with E-state index in [1.165, 1.54) is 16.9 Å². The second-order valence-corrected chi connectivity index (χ2v) is 7.83. The lowest BCUT2D eigenvalue weighted by Crippen LogP contribution is -2.59. The Labute approximate surface area is 152 Å². The number of anilines is 2. The van der Waals surface area contributed by atoms with Crippen LogP contribution < -0.4 is 14.5 Å². The summed E-state index contributed by atoms with van der Waals surface area (Å²) in [5, 5.41) is 0. The zero-order chi connectivity index (χ0) is 18.0. The molecule has 1 saturated heterocycles. The monoisotopic (exact) mass is 338 g/mol. The van der Waals surface area contributed by atoms with Gasteiger partial charge in [0.15, 0.2) is 0 Å². The number of rotatable bonds is 4. The Bertz CT molecular complexity index is 706. The molecule has 1 heterocycles. The molecule has 1 aliphatic rings. The molecule has 1 aliphatic heterocycles. The summed E-state index contributed by atoms with van der Waals surface area (Å²) < 4.78 is 5.40. The van der Waals surface area contributed by atoms with Crippen LogP contribution in [0.5, 0.6) is 5.75 Å². The van der Waals surface area contributed by atoms with E-state index >= 15 is 0 Å². The Morgan fingerprint density at radius 2 is 1.68 bits per heavy atom. The van der Waals surface area contributed by atoms with Crippen molar-refractivity contribution in [2.24, 2.45) is 0 Å². The third-order valence-electron chi connectivity index (χ3n) is 5.19. The van der Waals surface area contributed by atoms with Crippen LogP contribution in [-0.2, 0) is 0 Å². The molecule has 0 N–H and O–H groups in total. The van der Waals surface area contributed by atoms with Gasteiger partial charge in [-0.25, -0.2) is 0 Å². The van der Waals surface area contributed by atoms with Crippen molar-refractivity contribution in [2.75, 3.05) is 36.5 Å². The third kappa shape index (κ3) is 3.76. The quantitative estimate of drug-likeness (QED) is 0.786. The lowest BCUT2D eigenvalue weighted by molar-refractivity contribution is 0.406. The van der Waals surface area contributed by atoms with Crippen molar-refractivity contribution in [1.29, 1.82) is 0 Å². The Morgan fingerprint density at radius 3 is 2.28 bits per heavy atom. The summed E-state index contributed by atoms with van der Waals surface area (Å²) in [6.45, 7) is 12.2. The normalized spacial score (nSPS) is 17.0. The van der Waals surface area contributed by atoms with Gasteiger partial charge in [-0.3, -0.25) is 0 Å². The molecule has 0 atom stereocenters. The molecule has 2 aromatic carbocycles. The smallest absolute Gasteiger partial charge is 0.120 e. The predicted molar refractivity (Wildman–Crippen MR) is 107 cm³/mol. The molecular weight excluding hydrogens is 308 g/mol. The molecule has 0 amide bonds. The van der Waals surface area contributed by atoms with E-state index in [1.807, 2.05) is 6.07 Å². The zero-order valence-electron chi connectivity index (χ0n) is 16.1. The van der Waals surface area contributed by atoms with Crippen LogP contribution in [0.4, 0.5) is 11.4 Å². The fourth-order valence-electron chi connectivity index (χ4n) is 3.70. The number of hydrogen-bond acceptors (Lipinski definition) is 3. The molecule has 0 spiro atoms. The van der Waals surface area contributed by atoms with Crippen molar-refractivity contribution < 1.29 is 4.74 Å². The molecule has 0 aliphatic carbocycles. The van der Waals surface area contributed by atoms with E-state index in [9.17, 15) is 0 Å².